The number of nitrogens with two attached hydrogens (primary N) is 1. The van der Waals surface area contributed by atoms with Gasteiger partial charge in [-0.2, -0.15) is 0 Å². The van der Waals surface area contributed by atoms with Gasteiger partial charge < -0.3 is 20.3 Å². The van der Waals surface area contributed by atoms with E-state index < -0.39 is 0 Å². The van der Waals surface area contributed by atoms with Crippen LogP contribution in [0.4, 0.5) is 0 Å². The van der Waals surface area contributed by atoms with Gasteiger partial charge in [0, 0.05) is 18.1 Å². The van der Waals surface area contributed by atoms with Crippen LogP contribution in [0.2, 0.25) is 5.02 Å². The average molecular weight is 272 g/mol. The molecule has 0 aliphatic carbocycles. The summed E-state index contributed by atoms with van der Waals surface area (Å²) in [5.74, 6) is 1.36. The Balaban J connectivity index is 2.50. The van der Waals surface area contributed by atoms with Crippen LogP contribution in [-0.2, 0) is 0 Å². The van der Waals surface area contributed by atoms with Crippen LogP contribution in [0.1, 0.15) is 31.2 Å². The van der Waals surface area contributed by atoms with E-state index in [0.29, 0.717) is 36.8 Å². The second-order valence-electron chi connectivity index (χ2n) is 4.48. The molecule has 0 radical (unpaired) electrons. The third kappa shape index (κ3) is 2.49. The summed E-state index contributed by atoms with van der Waals surface area (Å²) in [5, 5.41) is 10.4. The van der Waals surface area contributed by atoms with E-state index in [1.165, 1.54) is 0 Å². The zero-order valence-electron chi connectivity index (χ0n) is 10.4. The largest absolute Gasteiger partial charge is 0.506 e. The topological polar surface area (TPSA) is 64.7 Å². The van der Waals surface area contributed by atoms with Gasteiger partial charge >= 0.3 is 0 Å². The highest BCUT2D eigenvalue weighted by atomic mass is 35.5. The van der Waals surface area contributed by atoms with Crippen molar-refractivity contribution in [1.82, 2.24) is 0 Å². The quantitative estimate of drug-likeness (QED) is 0.887. The lowest BCUT2D eigenvalue weighted by Gasteiger charge is -2.19. The van der Waals surface area contributed by atoms with Crippen LogP contribution in [0.15, 0.2) is 6.07 Å². The monoisotopic (exact) mass is 271 g/mol. The Morgan fingerprint density at radius 2 is 2.17 bits per heavy atom. The maximum absolute atomic E-state index is 10.1. The molecule has 1 atom stereocenters. The number of ether oxygens (including phenoxy) is 2. The molecule has 0 aromatic heterocycles. The Hall–Kier alpha value is -1.13. The minimum Gasteiger partial charge on any atom is -0.506 e. The van der Waals surface area contributed by atoms with Crippen LogP contribution in [0.25, 0.3) is 0 Å². The minimum absolute atomic E-state index is 0.0712. The molecule has 0 fully saturated rings. The SMILES string of the molecule is CC(CCN)c1c(O)c(Cl)cc2c1OCCCO2. The smallest absolute Gasteiger partial charge is 0.168 e. The number of rotatable bonds is 3. The molecule has 0 saturated heterocycles. The number of fused-ring (bicyclic) bond motifs is 1. The average Bonchev–Trinajstić information content (AvgIpc) is 2.56. The summed E-state index contributed by atoms with van der Waals surface area (Å²) >= 11 is 6.03. The summed E-state index contributed by atoms with van der Waals surface area (Å²) in [7, 11) is 0. The lowest BCUT2D eigenvalue weighted by atomic mass is 9.95. The molecule has 1 heterocycles. The van der Waals surface area contributed by atoms with Gasteiger partial charge in [-0.15, -0.1) is 0 Å². The molecule has 100 valence electrons. The number of phenolic OH excluding ortho intramolecular Hbond substituents is 1. The maximum atomic E-state index is 10.1. The first-order chi connectivity index (χ1) is 8.65. The number of hydrogen-bond donors (Lipinski definition) is 2. The highest BCUT2D eigenvalue weighted by Crippen LogP contribution is 2.47. The lowest BCUT2D eigenvalue weighted by molar-refractivity contribution is 0.295. The second kappa shape index (κ2) is 5.67. The number of halogens is 1. The van der Waals surface area contributed by atoms with Gasteiger partial charge in [-0.3, -0.25) is 0 Å². The van der Waals surface area contributed by atoms with Crippen molar-refractivity contribution in [2.45, 2.75) is 25.7 Å². The molecule has 3 N–H and O–H groups in total. The molecule has 0 spiro atoms. The van der Waals surface area contributed by atoms with Gasteiger partial charge in [0.15, 0.2) is 11.5 Å². The Bertz CT molecular complexity index is 437. The van der Waals surface area contributed by atoms with Crippen LogP contribution in [0.3, 0.4) is 0 Å². The molecule has 5 heteroatoms. The van der Waals surface area contributed by atoms with Crippen molar-refractivity contribution in [3.05, 3.63) is 16.7 Å². The molecule has 1 aliphatic heterocycles. The summed E-state index contributed by atoms with van der Waals surface area (Å²) in [6.07, 6.45) is 1.57. The Labute approximate surface area is 112 Å². The Kier molecular flexibility index (Phi) is 4.19. The highest BCUT2D eigenvalue weighted by Gasteiger charge is 2.24. The van der Waals surface area contributed by atoms with Crippen molar-refractivity contribution >= 4 is 11.6 Å². The van der Waals surface area contributed by atoms with Crippen molar-refractivity contribution in [2.75, 3.05) is 19.8 Å². The van der Waals surface area contributed by atoms with Crippen molar-refractivity contribution in [3.8, 4) is 17.2 Å². The van der Waals surface area contributed by atoms with Gasteiger partial charge in [-0.05, 0) is 18.9 Å². The molecule has 0 bridgehead atoms. The normalized spacial score (nSPS) is 16.2. The summed E-state index contributed by atoms with van der Waals surface area (Å²) in [5.41, 5.74) is 6.27. The van der Waals surface area contributed by atoms with Gasteiger partial charge in [0.25, 0.3) is 0 Å². The van der Waals surface area contributed by atoms with E-state index in [0.717, 1.165) is 12.8 Å². The molecular formula is C13H18ClNO3. The van der Waals surface area contributed by atoms with E-state index in [2.05, 4.69) is 0 Å². The molecule has 0 saturated carbocycles. The predicted molar refractivity (Wildman–Crippen MR) is 70.8 cm³/mol. The molecule has 1 aliphatic rings. The fourth-order valence-corrected chi connectivity index (χ4v) is 2.34. The first-order valence-corrected chi connectivity index (χ1v) is 6.54. The fourth-order valence-electron chi connectivity index (χ4n) is 2.14. The van der Waals surface area contributed by atoms with Gasteiger partial charge in [-0.25, -0.2) is 0 Å². The van der Waals surface area contributed by atoms with E-state index in [1.807, 2.05) is 6.92 Å². The van der Waals surface area contributed by atoms with Crippen molar-refractivity contribution in [2.24, 2.45) is 5.73 Å². The first kappa shape index (κ1) is 13.3. The third-order valence-corrected chi connectivity index (χ3v) is 3.38. The van der Waals surface area contributed by atoms with E-state index in [4.69, 9.17) is 26.8 Å². The molecule has 1 aromatic carbocycles. The van der Waals surface area contributed by atoms with E-state index in [9.17, 15) is 5.11 Å². The minimum atomic E-state index is 0.0712. The summed E-state index contributed by atoms with van der Waals surface area (Å²) < 4.78 is 11.3. The molecule has 1 unspecified atom stereocenters. The Morgan fingerprint density at radius 3 is 2.89 bits per heavy atom. The second-order valence-corrected chi connectivity index (χ2v) is 4.88. The van der Waals surface area contributed by atoms with Crippen molar-refractivity contribution in [1.29, 1.82) is 0 Å². The Morgan fingerprint density at radius 1 is 1.44 bits per heavy atom. The highest BCUT2D eigenvalue weighted by molar-refractivity contribution is 6.32. The fraction of sp³-hybridized carbons (Fsp3) is 0.538. The zero-order valence-corrected chi connectivity index (χ0v) is 11.2. The number of benzene rings is 1. The molecule has 18 heavy (non-hydrogen) atoms. The van der Waals surface area contributed by atoms with Crippen LogP contribution in [-0.4, -0.2) is 24.9 Å². The van der Waals surface area contributed by atoms with Crippen molar-refractivity contribution < 1.29 is 14.6 Å². The van der Waals surface area contributed by atoms with Gasteiger partial charge in [0.1, 0.15) is 5.75 Å². The summed E-state index contributed by atoms with van der Waals surface area (Å²) in [6.45, 7) is 3.71. The zero-order chi connectivity index (χ0) is 13.1. The molecular weight excluding hydrogens is 254 g/mol. The van der Waals surface area contributed by atoms with Crippen LogP contribution >= 0.6 is 11.6 Å². The standard InChI is InChI=1S/C13H18ClNO3/c1-8(3-4-15)11-12(16)9(14)7-10-13(11)18-6-2-5-17-10/h7-8,16H,2-6,15H2,1H3. The van der Waals surface area contributed by atoms with E-state index in [1.54, 1.807) is 6.07 Å². The van der Waals surface area contributed by atoms with Gasteiger partial charge in [-0.1, -0.05) is 18.5 Å². The van der Waals surface area contributed by atoms with E-state index in [-0.39, 0.29) is 16.7 Å². The molecule has 2 rings (SSSR count). The number of hydrogen-bond acceptors (Lipinski definition) is 4. The van der Waals surface area contributed by atoms with Crippen LogP contribution in [0, 0.1) is 0 Å². The third-order valence-electron chi connectivity index (χ3n) is 3.09. The predicted octanol–water partition coefficient (Wildman–Crippen LogP) is 2.66. The maximum Gasteiger partial charge on any atom is 0.168 e. The lowest BCUT2D eigenvalue weighted by Crippen LogP contribution is -2.07. The van der Waals surface area contributed by atoms with Crippen LogP contribution < -0.4 is 15.2 Å². The number of phenols is 1. The summed E-state index contributed by atoms with van der Waals surface area (Å²) in [4.78, 5) is 0. The van der Waals surface area contributed by atoms with Crippen molar-refractivity contribution in [3.63, 3.8) is 0 Å². The summed E-state index contributed by atoms with van der Waals surface area (Å²) in [6, 6.07) is 1.61. The first-order valence-electron chi connectivity index (χ1n) is 6.16. The molecule has 1 aromatic rings. The molecule has 0 amide bonds. The van der Waals surface area contributed by atoms with Crippen LogP contribution in [0.5, 0.6) is 17.2 Å². The number of aromatic hydroxyl groups is 1. The van der Waals surface area contributed by atoms with Gasteiger partial charge in [0.05, 0.1) is 18.2 Å². The molecule has 4 nitrogen and oxygen atoms in total. The van der Waals surface area contributed by atoms with E-state index >= 15 is 0 Å². The van der Waals surface area contributed by atoms with Gasteiger partial charge in [0.2, 0.25) is 0 Å².